The zero-order chi connectivity index (χ0) is 16.6. The first-order chi connectivity index (χ1) is 11.0. The van der Waals surface area contributed by atoms with Crippen molar-refractivity contribution >= 4 is 51.4 Å². The number of pyridine rings is 1. The van der Waals surface area contributed by atoms with Gasteiger partial charge in [0, 0.05) is 15.5 Å². The number of aromatic nitrogens is 2. The summed E-state index contributed by atoms with van der Waals surface area (Å²) in [5.74, 6) is -0.180. The van der Waals surface area contributed by atoms with E-state index in [2.05, 4.69) is 32.9 Å². The predicted molar refractivity (Wildman–Crippen MR) is 101 cm³/mol. The minimum absolute atomic E-state index is 0.180. The molecular weight excluding hydrogens is 425 g/mol. The molecule has 0 unspecified atom stereocenters. The van der Waals surface area contributed by atoms with Gasteiger partial charge in [-0.05, 0) is 71.8 Å². The molecule has 1 N–H and O–H groups in total. The highest BCUT2D eigenvalue weighted by Gasteiger charge is 2.19. The Bertz CT molecular complexity index is 904. The maximum Gasteiger partial charge on any atom is 0.274 e. The molecule has 2 heterocycles. The summed E-state index contributed by atoms with van der Waals surface area (Å²) in [5.41, 5.74) is 3.83. The second-order valence-electron chi connectivity index (χ2n) is 5.25. The van der Waals surface area contributed by atoms with Crippen LogP contribution in [0, 0.1) is 10.5 Å². The van der Waals surface area contributed by atoms with Crippen LogP contribution < -0.4 is 5.32 Å². The first kappa shape index (κ1) is 16.3. The van der Waals surface area contributed by atoms with Crippen LogP contribution in [0.4, 0.5) is 5.69 Å². The Morgan fingerprint density at radius 2 is 2.13 bits per heavy atom. The predicted octanol–water partition coefficient (Wildman–Crippen LogP) is 4.72. The van der Waals surface area contributed by atoms with E-state index in [0.29, 0.717) is 17.1 Å². The van der Waals surface area contributed by atoms with Gasteiger partial charge in [-0.1, -0.05) is 18.5 Å². The third-order valence-corrected chi connectivity index (χ3v) is 4.54. The number of fused-ring (bicyclic) bond motifs is 1. The van der Waals surface area contributed by atoms with Crippen LogP contribution in [0.5, 0.6) is 0 Å². The van der Waals surface area contributed by atoms with E-state index in [1.807, 2.05) is 38.1 Å². The molecule has 2 aromatic heterocycles. The second-order valence-corrected chi connectivity index (χ2v) is 6.93. The SMILES string of the molecule is CCc1nc2ccc(Cl)cn2c1C(=O)Nc1ccc(I)cc1C. The van der Waals surface area contributed by atoms with Crippen LogP contribution in [0.3, 0.4) is 0 Å². The summed E-state index contributed by atoms with van der Waals surface area (Å²) in [6.07, 6.45) is 2.40. The molecule has 0 radical (unpaired) electrons. The molecule has 0 fully saturated rings. The molecule has 0 aliphatic carbocycles. The minimum atomic E-state index is -0.180. The van der Waals surface area contributed by atoms with Gasteiger partial charge in [-0.2, -0.15) is 0 Å². The lowest BCUT2D eigenvalue weighted by molar-refractivity contribution is 0.102. The number of hydrogen-bond acceptors (Lipinski definition) is 2. The van der Waals surface area contributed by atoms with Crippen molar-refractivity contribution < 1.29 is 4.79 Å². The number of benzene rings is 1. The van der Waals surface area contributed by atoms with Crippen LogP contribution in [0.15, 0.2) is 36.5 Å². The van der Waals surface area contributed by atoms with Gasteiger partial charge in [0.1, 0.15) is 11.3 Å². The first-order valence-electron chi connectivity index (χ1n) is 7.23. The van der Waals surface area contributed by atoms with Gasteiger partial charge >= 0.3 is 0 Å². The third kappa shape index (κ3) is 3.21. The zero-order valence-electron chi connectivity index (χ0n) is 12.7. The summed E-state index contributed by atoms with van der Waals surface area (Å²) in [4.78, 5) is 17.3. The van der Waals surface area contributed by atoms with Crippen molar-refractivity contribution in [2.45, 2.75) is 20.3 Å². The lowest BCUT2D eigenvalue weighted by Crippen LogP contribution is -2.17. The molecule has 1 aromatic carbocycles. The number of halogens is 2. The Balaban J connectivity index is 2.04. The van der Waals surface area contributed by atoms with Gasteiger partial charge in [0.25, 0.3) is 5.91 Å². The largest absolute Gasteiger partial charge is 0.320 e. The number of rotatable bonds is 3. The highest BCUT2D eigenvalue weighted by Crippen LogP contribution is 2.21. The number of imidazole rings is 1. The molecule has 0 saturated heterocycles. The molecule has 0 spiro atoms. The molecule has 0 aliphatic rings. The van der Waals surface area contributed by atoms with E-state index in [4.69, 9.17) is 11.6 Å². The Morgan fingerprint density at radius 3 is 2.83 bits per heavy atom. The highest BCUT2D eigenvalue weighted by molar-refractivity contribution is 14.1. The van der Waals surface area contributed by atoms with Gasteiger partial charge in [-0.3, -0.25) is 9.20 Å². The van der Waals surface area contributed by atoms with Gasteiger partial charge < -0.3 is 5.32 Å². The number of carbonyl (C=O) groups excluding carboxylic acids is 1. The molecule has 0 saturated carbocycles. The second kappa shape index (κ2) is 6.49. The van der Waals surface area contributed by atoms with Gasteiger partial charge in [-0.25, -0.2) is 4.98 Å². The van der Waals surface area contributed by atoms with E-state index in [9.17, 15) is 4.79 Å². The van der Waals surface area contributed by atoms with Crippen molar-refractivity contribution in [1.82, 2.24) is 9.38 Å². The monoisotopic (exact) mass is 439 g/mol. The fourth-order valence-electron chi connectivity index (χ4n) is 2.50. The maximum absolute atomic E-state index is 12.8. The number of nitrogens with zero attached hydrogens (tertiary/aromatic N) is 2. The van der Waals surface area contributed by atoms with Crippen LogP contribution in [0.1, 0.15) is 28.7 Å². The molecule has 0 atom stereocenters. The summed E-state index contributed by atoms with van der Waals surface area (Å²) in [6, 6.07) is 9.50. The van der Waals surface area contributed by atoms with Gasteiger partial charge in [0.05, 0.1) is 10.7 Å². The van der Waals surface area contributed by atoms with Gasteiger partial charge in [-0.15, -0.1) is 0 Å². The Morgan fingerprint density at radius 1 is 1.35 bits per heavy atom. The Labute approximate surface area is 153 Å². The number of hydrogen-bond donors (Lipinski definition) is 1. The summed E-state index contributed by atoms with van der Waals surface area (Å²) in [5, 5.41) is 3.55. The highest BCUT2D eigenvalue weighted by atomic mass is 127. The fraction of sp³-hybridized carbons (Fsp3) is 0.176. The minimum Gasteiger partial charge on any atom is -0.320 e. The lowest BCUT2D eigenvalue weighted by atomic mass is 10.2. The maximum atomic E-state index is 12.8. The molecule has 6 heteroatoms. The summed E-state index contributed by atoms with van der Waals surface area (Å²) in [7, 11) is 0. The quantitative estimate of drug-likeness (QED) is 0.601. The van der Waals surface area contributed by atoms with Crippen molar-refractivity contribution in [3.63, 3.8) is 0 Å². The van der Waals surface area contributed by atoms with Gasteiger partial charge in [0.2, 0.25) is 0 Å². The number of aryl methyl sites for hydroxylation is 2. The van der Waals surface area contributed by atoms with Crippen molar-refractivity contribution in [3.8, 4) is 0 Å². The first-order valence-corrected chi connectivity index (χ1v) is 8.69. The fourth-order valence-corrected chi connectivity index (χ4v) is 3.31. The van der Waals surface area contributed by atoms with Crippen LogP contribution in [0.25, 0.3) is 5.65 Å². The van der Waals surface area contributed by atoms with Gasteiger partial charge in [0.15, 0.2) is 0 Å². The van der Waals surface area contributed by atoms with Crippen molar-refractivity contribution in [2.24, 2.45) is 0 Å². The molecule has 4 nitrogen and oxygen atoms in total. The normalized spacial score (nSPS) is 11.0. The standard InChI is InChI=1S/C17H15ClIN3O/c1-3-13-16(22-9-11(18)4-7-15(22)20-13)17(23)21-14-6-5-12(19)8-10(14)2/h4-9H,3H2,1-2H3,(H,21,23). The molecular formula is C17H15ClIN3O. The summed E-state index contributed by atoms with van der Waals surface area (Å²) < 4.78 is 2.88. The van der Waals surface area contributed by atoms with Crippen LogP contribution in [-0.2, 0) is 6.42 Å². The van der Waals surface area contributed by atoms with E-state index in [1.54, 1.807) is 16.7 Å². The summed E-state index contributed by atoms with van der Waals surface area (Å²) >= 11 is 8.32. The average Bonchev–Trinajstić information content (AvgIpc) is 2.87. The Kier molecular flexibility index (Phi) is 4.59. The average molecular weight is 440 g/mol. The molecule has 1 amide bonds. The topological polar surface area (TPSA) is 46.4 Å². The van der Waals surface area contributed by atoms with E-state index in [0.717, 1.165) is 26.2 Å². The zero-order valence-corrected chi connectivity index (χ0v) is 15.6. The Hall–Kier alpha value is -1.60. The van der Waals surface area contributed by atoms with Crippen molar-refractivity contribution in [2.75, 3.05) is 5.32 Å². The third-order valence-electron chi connectivity index (χ3n) is 3.64. The van der Waals surface area contributed by atoms with Crippen molar-refractivity contribution in [1.29, 1.82) is 0 Å². The number of anilines is 1. The van der Waals surface area contributed by atoms with E-state index < -0.39 is 0 Å². The van der Waals surface area contributed by atoms with Crippen molar-refractivity contribution in [3.05, 3.63) is 62.1 Å². The van der Waals surface area contributed by atoms with Crippen LogP contribution >= 0.6 is 34.2 Å². The molecule has 23 heavy (non-hydrogen) atoms. The molecule has 0 aliphatic heterocycles. The number of carbonyl (C=O) groups is 1. The molecule has 0 bridgehead atoms. The van der Waals surface area contributed by atoms with E-state index >= 15 is 0 Å². The smallest absolute Gasteiger partial charge is 0.274 e. The number of nitrogens with one attached hydrogen (secondary N) is 1. The molecule has 3 aromatic rings. The van der Waals surface area contributed by atoms with E-state index in [-0.39, 0.29) is 5.91 Å². The lowest BCUT2D eigenvalue weighted by Gasteiger charge is -2.10. The van der Waals surface area contributed by atoms with E-state index in [1.165, 1.54) is 0 Å². The van der Waals surface area contributed by atoms with Crippen LogP contribution in [0.2, 0.25) is 5.02 Å². The molecule has 118 valence electrons. The summed E-state index contributed by atoms with van der Waals surface area (Å²) in [6.45, 7) is 3.96. The molecule has 3 rings (SSSR count). The number of amides is 1. The van der Waals surface area contributed by atoms with Crippen LogP contribution in [-0.4, -0.2) is 15.3 Å².